The molecule has 1 aliphatic rings. The molecule has 0 bridgehead atoms. The number of nitrogens with one attached hydrogen (secondary N) is 3. The van der Waals surface area contributed by atoms with Gasteiger partial charge >= 0.3 is 0 Å². The Bertz CT molecular complexity index is 679. The van der Waals surface area contributed by atoms with Crippen LogP contribution in [0.4, 0.5) is 4.39 Å². The largest absolute Gasteiger partial charge is 0.359 e. The predicted molar refractivity (Wildman–Crippen MR) is 103 cm³/mol. The number of quaternary nitrogens is 1. The normalized spacial score (nSPS) is 14.4. The van der Waals surface area contributed by atoms with Crippen LogP contribution in [0.2, 0.25) is 0 Å². The van der Waals surface area contributed by atoms with Crippen molar-refractivity contribution in [3.05, 3.63) is 71.0 Å². The SMILES string of the molecule is Fc1ccc(CNC(=S)NCc2ccc(C[NH+]3CCCC3)cc2)cc1. The number of likely N-dealkylation sites (tertiary alicyclic amines) is 1. The average molecular weight is 359 g/mol. The summed E-state index contributed by atoms with van der Waals surface area (Å²) in [6.45, 7) is 5.02. The average Bonchev–Trinajstić information content (AvgIpc) is 3.14. The quantitative estimate of drug-likeness (QED) is 0.691. The molecule has 0 aromatic heterocycles. The van der Waals surface area contributed by atoms with Gasteiger partial charge in [-0.25, -0.2) is 4.39 Å². The van der Waals surface area contributed by atoms with E-state index in [1.165, 1.54) is 49.2 Å². The van der Waals surface area contributed by atoms with Gasteiger partial charge in [0.25, 0.3) is 0 Å². The molecule has 1 aliphatic heterocycles. The Morgan fingerprint density at radius 2 is 1.32 bits per heavy atom. The maximum Gasteiger partial charge on any atom is 0.166 e. The third-order valence-corrected chi connectivity index (χ3v) is 4.90. The van der Waals surface area contributed by atoms with Gasteiger partial charge in [-0.05, 0) is 35.5 Å². The summed E-state index contributed by atoms with van der Waals surface area (Å²) >= 11 is 5.30. The second kappa shape index (κ2) is 8.92. The molecule has 1 fully saturated rings. The molecule has 0 atom stereocenters. The van der Waals surface area contributed by atoms with Crippen molar-refractivity contribution >= 4 is 17.3 Å². The van der Waals surface area contributed by atoms with Crippen LogP contribution in [-0.4, -0.2) is 18.2 Å². The molecule has 3 rings (SSSR count). The van der Waals surface area contributed by atoms with E-state index < -0.39 is 0 Å². The first kappa shape index (κ1) is 17.8. The van der Waals surface area contributed by atoms with Crippen molar-refractivity contribution in [1.82, 2.24) is 10.6 Å². The number of rotatable bonds is 6. The first-order valence-electron chi connectivity index (χ1n) is 8.86. The summed E-state index contributed by atoms with van der Waals surface area (Å²) in [6, 6.07) is 15.2. The van der Waals surface area contributed by atoms with E-state index in [1.807, 2.05) is 0 Å². The Kier molecular flexibility index (Phi) is 6.36. The van der Waals surface area contributed by atoms with Gasteiger partial charge in [0.2, 0.25) is 0 Å². The lowest BCUT2D eigenvalue weighted by atomic mass is 10.1. The molecule has 2 aromatic rings. The molecule has 0 spiro atoms. The summed E-state index contributed by atoms with van der Waals surface area (Å²) in [6.07, 6.45) is 2.72. The van der Waals surface area contributed by atoms with Crippen LogP contribution < -0.4 is 15.5 Å². The minimum atomic E-state index is -0.223. The second-order valence-electron chi connectivity index (χ2n) is 6.61. The number of thiocarbonyl (C=S) groups is 1. The zero-order valence-electron chi connectivity index (χ0n) is 14.4. The third-order valence-electron chi connectivity index (χ3n) is 4.61. The van der Waals surface area contributed by atoms with Gasteiger partial charge in [-0.3, -0.25) is 0 Å². The molecule has 0 amide bonds. The van der Waals surface area contributed by atoms with E-state index in [0.717, 1.165) is 12.1 Å². The smallest absolute Gasteiger partial charge is 0.166 e. The van der Waals surface area contributed by atoms with Crippen molar-refractivity contribution in [2.45, 2.75) is 32.5 Å². The number of halogens is 1. The third kappa shape index (κ3) is 5.80. The van der Waals surface area contributed by atoms with Gasteiger partial charge in [0.1, 0.15) is 12.4 Å². The summed E-state index contributed by atoms with van der Waals surface area (Å²) in [5.41, 5.74) is 3.61. The van der Waals surface area contributed by atoms with Crippen molar-refractivity contribution in [3.63, 3.8) is 0 Å². The fourth-order valence-electron chi connectivity index (χ4n) is 3.14. The van der Waals surface area contributed by atoms with Crippen molar-refractivity contribution in [1.29, 1.82) is 0 Å². The molecule has 3 nitrogen and oxygen atoms in total. The van der Waals surface area contributed by atoms with Gasteiger partial charge in [-0.1, -0.05) is 36.4 Å². The number of hydrogen-bond donors (Lipinski definition) is 3. The molecule has 5 heteroatoms. The Morgan fingerprint density at radius 3 is 1.88 bits per heavy atom. The van der Waals surface area contributed by atoms with Gasteiger partial charge in [-0.15, -0.1) is 0 Å². The molecule has 25 heavy (non-hydrogen) atoms. The maximum absolute atomic E-state index is 12.9. The highest BCUT2D eigenvalue weighted by Crippen LogP contribution is 2.05. The lowest BCUT2D eigenvalue weighted by Crippen LogP contribution is -3.08. The second-order valence-corrected chi connectivity index (χ2v) is 7.02. The first-order chi connectivity index (χ1) is 12.2. The van der Waals surface area contributed by atoms with E-state index >= 15 is 0 Å². The van der Waals surface area contributed by atoms with Crippen LogP contribution in [0.1, 0.15) is 29.5 Å². The van der Waals surface area contributed by atoms with E-state index in [0.29, 0.717) is 18.2 Å². The molecule has 2 aromatic carbocycles. The van der Waals surface area contributed by atoms with E-state index in [2.05, 4.69) is 34.9 Å². The minimum Gasteiger partial charge on any atom is -0.359 e. The lowest BCUT2D eigenvalue weighted by Gasteiger charge is -2.13. The van der Waals surface area contributed by atoms with Crippen molar-refractivity contribution in [2.75, 3.05) is 13.1 Å². The zero-order chi connectivity index (χ0) is 17.5. The van der Waals surface area contributed by atoms with Crippen LogP contribution in [-0.2, 0) is 19.6 Å². The van der Waals surface area contributed by atoms with E-state index in [9.17, 15) is 4.39 Å². The van der Waals surface area contributed by atoms with Gasteiger partial charge in [0.15, 0.2) is 5.11 Å². The Morgan fingerprint density at radius 1 is 0.840 bits per heavy atom. The van der Waals surface area contributed by atoms with Crippen LogP contribution >= 0.6 is 12.2 Å². The van der Waals surface area contributed by atoms with Gasteiger partial charge < -0.3 is 15.5 Å². The fourth-order valence-corrected chi connectivity index (χ4v) is 3.29. The summed E-state index contributed by atoms with van der Waals surface area (Å²) in [5, 5.41) is 6.96. The number of hydrogen-bond acceptors (Lipinski definition) is 1. The van der Waals surface area contributed by atoms with Crippen LogP contribution in [0.25, 0.3) is 0 Å². The van der Waals surface area contributed by atoms with Gasteiger partial charge in [0.05, 0.1) is 13.1 Å². The lowest BCUT2D eigenvalue weighted by molar-refractivity contribution is -0.901. The fraction of sp³-hybridized carbons (Fsp3) is 0.350. The summed E-state index contributed by atoms with van der Waals surface area (Å²) in [4.78, 5) is 1.69. The molecule has 0 saturated carbocycles. The summed E-state index contributed by atoms with van der Waals surface area (Å²) in [5.74, 6) is -0.223. The van der Waals surface area contributed by atoms with E-state index in [-0.39, 0.29) is 5.82 Å². The Labute approximate surface area is 154 Å². The van der Waals surface area contributed by atoms with Crippen LogP contribution in [0.15, 0.2) is 48.5 Å². The molecule has 0 radical (unpaired) electrons. The molecule has 1 saturated heterocycles. The minimum absolute atomic E-state index is 0.223. The molecule has 0 unspecified atom stereocenters. The Balaban J connectivity index is 1.39. The predicted octanol–water partition coefficient (Wildman–Crippen LogP) is 2.17. The molecular weight excluding hydrogens is 333 g/mol. The van der Waals surface area contributed by atoms with Gasteiger partial charge in [0, 0.05) is 31.5 Å². The summed E-state index contributed by atoms with van der Waals surface area (Å²) in [7, 11) is 0. The van der Waals surface area contributed by atoms with E-state index in [4.69, 9.17) is 12.2 Å². The van der Waals surface area contributed by atoms with Crippen LogP contribution in [0.5, 0.6) is 0 Å². The Hall–Kier alpha value is -1.98. The molecule has 1 heterocycles. The highest BCUT2D eigenvalue weighted by atomic mass is 32.1. The number of benzene rings is 2. The summed E-state index contributed by atoms with van der Waals surface area (Å²) < 4.78 is 12.9. The van der Waals surface area contributed by atoms with E-state index in [1.54, 1.807) is 17.0 Å². The molecule has 0 aliphatic carbocycles. The molecule has 3 N–H and O–H groups in total. The van der Waals surface area contributed by atoms with Crippen molar-refractivity contribution < 1.29 is 9.29 Å². The highest BCUT2D eigenvalue weighted by Gasteiger charge is 2.15. The first-order valence-corrected chi connectivity index (χ1v) is 9.27. The highest BCUT2D eigenvalue weighted by molar-refractivity contribution is 7.80. The molecular formula is C20H25FN3S+. The molecule has 132 valence electrons. The monoisotopic (exact) mass is 358 g/mol. The maximum atomic E-state index is 12.9. The van der Waals surface area contributed by atoms with Crippen LogP contribution in [0.3, 0.4) is 0 Å². The van der Waals surface area contributed by atoms with Crippen molar-refractivity contribution in [2.24, 2.45) is 0 Å². The zero-order valence-corrected chi connectivity index (χ0v) is 15.2. The topological polar surface area (TPSA) is 28.5 Å². The standard InChI is InChI=1S/C20H24FN3S/c21-19-9-7-17(8-10-19)14-23-20(25)22-13-16-3-5-18(6-4-16)15-24-11-1-2-12-24/h3-10H,1-2,11-15H2,(H2,22,23,25)/p+1. The van der Waals surface area contributed by atoms with Gasteiger partial charge in [-0.2, -0.15) is 0 Å². The van der Waals surface area contributed by atoms with Crippen molar-refractivity contribution in [3.8, 4) is 0 Å². The van der Waals surface area contributed by atoms with Crippen LogP contribution in [0, 0.1) is 5.82 Å².